The molecule has 162 valence electrons. The number of rotatable bonds is 8. The smallest absolute Gasteiger partial charge is 0.261 e. The van der Waals surface area contributed by atoms with Crippen LogP contribution in [0.2, 0.25) is 5.02 Å². The van der Waals surface area contributed by atoms with Crippen molar-refractivity contribution in [1.82, 2.24) is 10.3 Å². The number of hydrogen-bond donors (Lipinski definition) is 2. The lowest BCUT2D eigenvalue weighted by molar-refractivity contribution is 0.0936. The summed E-state index contributed by atoms with van der Waals surface area (Å²) < 4.78 is 33.5. The van der Waals surface area contributed by atoms with Gasteiger partial charge in [-0.05, 0) is 61.9 Å². The molecule has 0 aliphatic carbocycles. The summed E-state index contributed by atoms with van der Waals surface area (Å²) in [6, 6.07) is 15.5. The summed E-state index contributed by atoms with van der Waals surface area (Å²) in [4.78, 5) is 16.8. The van der Waals surface area contributed by atoms with E-state index in [-0.39, 0.29) is 28.3 Å². The number of aromatic nitrogens is 1. The minimum Gasteiger partial charge on any atom is -0.438 e. The van der Waals surface area contributed by atoms with Crippen molar-refractivity contribution in [3.8, 4) is 11.6 Å². The van der Waals surface area contributed by atoms with E-state index in [1.165, 1.54) is 36.5 Å². The number of ether oxygens (including phenoxy) is 1. The zero-order valence-electron chi connectivity index (χ0n) is 17.0. The third-order valence-corrected chi connectivity index (χ3v) is 6.08. The van der Waals surface area contributed by atoms with Crippen molar-refractivity contribution in [2.75, 3.05) is 4.72 Å². The fraction of sp³-hybridized carbons (Fsp3) is 0.182. The molecule has 1 amide bonds. The Morgan fingerprint density at radius 1 is 1.13 bits per heavy atom. The normalized spacial score (nSPS) is 12.1. The third kappa shape index (κ3) is 5.96. The maximum atomic E-state index is 12.6. The molecule has 0 fully saturated rings. The second kappa shape index (κ2) is 9.80. The van der Waals surface area contributed by atoms with Crippen LogP contribution in [0, 0.1) is 0 Å². The topological polar surface area (TPSA) is 97.4 Å². The summed E-state index contributed by atoms with van der Waals surface area (Å²) in [5.41, 5.74) is 0.587. The quantitative estimate of drug-likeness (QED) is 0.501. The first-order chi connectivity index (χ1) is 14.8. The largest absolute Gasteiger partial charge is 0.438 e. The molecular formula is C22H22ClN3O4S. The van der Waals surface area contributed by atoms with Gasteiger partial charge >= 0.3 is 0 Å². The zero-order chi connectivity index (χ0) is 22.4. The predicted octanol–water partition coefficient (Wildman–Crippen LogP) is 4.86. The van der Waals surface area contributed by atoms with Crippen LogP contribution >= 0.6 is 11.6 Å². The number of pyridine rings is 1. The Balaban J connectivity index is 1.80. The molecule has 9 heteroatoms. The van der Waals surface area contributed by atoms with Crippen LogP contribution in [0.15, 0.2) is 71.8 Å². The summed E-state index contributed by atoms with van der Waals surface area (Å²) in [7, 11) is -3.80. The summed E-state index contributed by atoms with van der Waals surface area (Å²) in [5, 5.41) is 3.32. The SMILES string of the molecule is CC[C@H](C)NC(=O)c1cccnc1Oc1cccc(NS(=O)(=O)c2ccc(Cl)cc2)c1. The Morgan fingerprint density at radius 3 is 2.58 bits per heavy atom. The van der Waals surface area contributed by atoms with Gasteiger partial charge in [0.15, 0.2) is 0 Å². The Bertz CT molecular complexity index is 1170. The molecule has 31 heavy (non-hydrogen) atoms. The highest BCUT2D eigenvalue weighted by atomic mass is 35.5. The Labute approximate surface area is 186 Å². The monoisotopic (exact) mass is 459 g/mol. The van der Waals surface area contributed by atoms with Gasteiger partial charge in [0.2, 0.25) is 5.88 Å². The second-order valence-corrected chi connectivity index (χ2v) is 8.95. The fourth-order valence-electron chi connectivity index (χ4n) is 2.61. The minimum atomic E-state index is -3.80. The van der Waals surface area contributed by atoms with E-state index in [9.17, 15) is 13.2 Å². The number of nitrogens with one attached hydrogen (secondary N) is 2. The molecule has 2 aromatic carbocycles. The van der Waals surface area contributed by atoms with Crippen LogP contribution in [0.4, 0.5) is 5.69 Å². The van der Waals surface area contributed by atoms with Gasteiger partial charge in [0, 0.05) is 23.3 Å². The molecule has 1 atom stereocenters. The maximum absolute atomic E-state index is 12.6. The molecule has 0 unspecified atom stereocenters. The van der Waals surface area contributed by atoms with Gasteiger partial charge in [0.1, 0.15) is 11.3 Å². The van der Waals surface area contributed by atoms with E-state index < -0.39 is 10.0 Å². The molecule has 0 spiro atoms. The molecule has 0 saturated heterocycles. The minimum absolute atomic E-state index is 0.00570. The second-order valence-electron chi connectivity index (χ2n) is 6.83. The highest BCUT2D eigenvalue weighted by molar-refractivity contribution is 7.92. The van der Waals surface area contributed by atoms with Crippen molar-refractivity contribution in [3.05, 3.63) is 77.4 Å². The van der Waals surface area contributed by atoms with Crippen LogP contribution < -0.4 is 14.8 Å². The molecule has 1 heterocycles. The van der Waals surface area contributed by atoms with Crippen molar-refractivity contribution >= 4 is 33.2 Å². The van der Waals surface area contributed by atoms with E-state index >= 15 is 0 Å². The van der Waals surface area contributed by atoms with Gasteiger partial charge in [-0.3, -0.25) is 9.52 Å². The highest BCUT2D eigenvalue weighted by Gasteiger charge is 2.17. The van der Waals surface area contributed by atoms with Crippen LogP contribution in [0.5, 0.6) is 11.6 Å². The zero-order valence-corrected chi connectivity index (χ0v) is 18.6. The van der Waals surface area contributed by atoms with Gasteiger partial charge in [-0.15, -0.1) is 0 Å². The van der Waals surface area contributed by atoms with Crippen molar-refractivity contribution < 1.29 is 17.9 Å². The van der Waals surface area contributed by atoms with E-state index in [2.05, 4.69) is 15.0 Å². The molecule has 0 radical (unpaired) electrons. The molecule has 3 aromatic rings. The van der Waals surface area contributed by atoms with Gasteiger partial charge in [0.05, 0.1) is 10.6 Å². The van der Waals surface area contributed by atoms with Crippen molar-refractivity contribution in [2.24, 2.45) is 0 Å². The van der Waals surface area contributed by atoms with Crippen LogP contribution in [0.1, 0.15) is 30.6 Å². The summed E-state index contributed by atoms with van der Waals surface area (Å²) in [6.07, 6.45) is 2.31. The lowest BCUT2D eigenvalue weighted by Crippen LogP contribution is -2.32. The van der Waals surface area contributed by atoms with Crippen LogP contribution in [0.25, 0.3) is 0 Å². The third-order valence-electron chi connectivity index (χ3n) is 4.43. The molecule has 1 aromatic heterocycles. The van der Waals surface area contributed by atoms with Crippen molar-refractivity contribution in [1.29, 1.82) is 0 Å². The average Bonchev–Trinajstić information content (AvgIpc) is 2.74. The molecule has 0 aliphatic rings. The summed E-state index contributed by atoms with van der Waals surface area (Å²) >= 11 is 5.82. The Morgan fingerprint density at radius 2 is 1.87 bits per heavy atom. The number of nitrogens with zero attached hydrogens (tertiary/aromatic N) is 1. The lowest BCUT2D eigenvalue weighted by Gasteiger charge is -2.14. The van der Waals surface area contributed by atoms with Gasteiger partial charge in [-0.1, -0.05) is 24.6 Å². The van der Waals surface area contributed by atoms with Gasteiger partial charge in [-0.2, -0.15) is 0 Å². The summed E-state index contributed by atoms with van der Waals surface area (Å²) in [6.45, 7) is 3.88. The fourth-order valence-corrected chi connectivity index (χ4v) is 3.79. The molecule has 7 nitrogen and oxygen atoms in total. The highest BCUT2D eigenvalue weighted by Crippen LogP contribution is 2.27. The number of halogens is 1. The van der Waals surface area contributed by atoms with Crippen molar-refractivity contribution in [2.45, 2.75) is 31.2 Å². The number of amides is 1. The molecule has 2 N–H and O–H groups in total. The number of carbonyl (C=O) groups excluding carboxylic acids is 1. The first-order valence-electron chi connectivity index (χ1n) is 9.60. The number of carbonyl (C=O) groups is 1. The van der Waals surface area contributed by atoms with Gasteiger partial charge in [0.25, 0.3) is 15.9 Å². The molecule has 0 bridgehead atoms. The lowest BCUT2D eigenvalue weighted by atomic mass is 10.2. The predicted molar refractivity (Wildman–Crippen MR) is 120 cm³/mol. The standard InChI is InChI=1S/C22H22ClN3O4S/c1-3-15(2)25-21(27)20-8-5-13-24-22(20)30-18-7-4-6-17(14-18)26-31(28,29)19-11-9-16(23)10-12-19/h4-15,26H,3H2,1-2H3,(H,25,27)/t15-/m0/s1. The van der Waals surface area contributed by atoms with Crippen LogP contribution in [-0.2, 0) is 10.0 Å². The number of hydrogen-bond acceptors (Lipinski definition) is 5. The average molecular weight is 460 g/mol. The van der Waals surface area contributed by atoms with E-state index in [4.69, 9.17) is 16.3 Å². The first-order valence-corrected chi connectivity index (χ1v) is 11.5. The molecular weight excluding hydrogens is 438 g/mol. The Kier molecular flexibility index (Phi) is 7.14. The molecule has 0 saturated carbocycles. The summed E-state index contributed by atoms with van der Waals surface area (Å²) in [5.74, 6) is 0.158. The van der Waals surface area contributed by atoms with Gasteiger partial charge in [-0.25, -0.2) is 13.4 Å². The number of benzene rings is 2. The van der Waals surface area contributed by atoms with E-state index in [0.29, 0.717) is 16.5 Å². The van der Waals surface area contributed by atoms with Crippen molar-refractivity contribution in [3.63, 3.8) is 0 Å². The van der Waals surface area contributed by atoms with Crippen LogP contribution in [-0.4, -0.2) is 25.4 Å². The van der Waals surface area contributed by atoms with Gasteiger partial charge < -0.3 is 10.1 Å². The van der Waals surface area contributed by atoms with E-state index in [1.54, 1.807) is 30.3 Å². The number of anilines is 1. The van der Waals surface area contributed by atoms with Crippen LogP contribution in [0.3, 0.4) is 0 Å². The number of sulfonamides is 1. The van der Waals surface area contributed by atoms with E-state index in [0.717, 1.165) is 6.42 Å². The molecule has 0 aliphatic heterocycles. The van der Waals surface area contributed by atoms with E-state index in [1.807, 2.05) is 13.8 Å². The first kappa shape index (κ1) is 22.6. The molecule has 3 rings (SSSR count). The maximum Gasteiger partial charge on any atom is 0.261 e. The Hall–Kier alpha value is -3.10.